The van der Waals surface area contributed by atoms with E-state index in [2.05, 4.69) is 19.9 Å². The van der Waals surface area contributed by atoms with Gasteiger partial charge in [0.1, 0.15) is 5.56 Å². The molecule has 0 aliphatic carbocycles. The van der Waals surface area contributed by atoms with Crippen molar-refractivity contribution in [3.05, 3.63) is 64.7 Å². The topological polar surface area (TPSA) is 79.8 Å². The molecule has 1 aliphatic rings. The van der Waals surface area contributed by atoms with Crippen LogP contribution in [-0.4, -0.2) is 26.2 Å². The summed E-state index contributed by atoms with van der Waals surface area (Å²) in [5.74, 6) is 0.647. The number of hydrogen-bond donors (Lipinski definition) is 2. The Labute approximate surface area is 141 Å². The first-order valence-corrected chi connectivity index (χ1v) is 8.49. The molecule has 2 N–H and O–H groups in total. The molecule has 0 saturated carbocycles. The van der Waals surface area contributed by atoms with Gasteiger partial charge in [-0.2, -0.15) is 0 Å². The molecule has 6 nitrogen and oxygen atoms in total. The molecule has 3 aromatic rings. The molecule has 1 aromatic carbocycles. The molecule has 3 heterocycles. The Kier molecular flexibility index (Phi) is 3.70. The number of anilines is 1. The van der Waals surface area contributed by atoms with Gasteiger partial charge in [0.15, 0.2) is 5.16 Å². The predicted molar refractivity (Wildman–Crippen MR) is 93.4 cm³/mol. The largest absolute Gasteiger partial charge is 0.328 e. The van der Waals surface area contributed by atoms with Crippen molar-refractivity contribution in [1.29, 1.82) is 0 Å². The van der Waals surface area contributed by atoms with Crippen LogP contribution in [0, 0.1) is 0 Å². The highest BCUT2D eigenvalue weighted by atomic mass is 32.2. The lowest BCUT2D eigenvalue weighted by Crippen LogP contribution is -2.22. The molecular weight excluding hydrogens is 324 g/mol. The van der Waals surface area contributed by atoms with E-state index in [1.165, 1.54) is 12.3 Å². The molecule has 0 fully saturated rings. The van der Waals surface area contributed by atoms with E-state index in [-0.39, 0.29) is 5.56 Å². The van der Waals surface area contributed by atoms with Crippen molar-refractivity contribution in [3.63, 3.8) is 0 Å². The van der Waals surface area contributed by atoms with Crippen LogP contribution in [0.1, 0.15) is 10.4 Å². The lowest BCUT2D eigenvalue weighted by atomic mass is 10.1. The van der Waals surface area contributed by atoms with Crippen molar-refractivity contribution >= 4 is 23.4 Å². The number of nitrogens with one attached hydrogen (secondary N) is 2. The van der Waals surface area contributed by atoms with Gasteiger partial charge in [-0.1, -0.05) is 23.9 Å². The molecule has 1 amide bonds. The van der Waals surface area contributed by atoms with Crippen LogP contribution in [0.15, 0.2) is 58.7 Å². The van der Waals surface area contributed by atoms with Gasteiger partial charge >= 0.3 is 0 Å². The van der Waals surface area contributed by atoms with E-state index in [1.54, 1.807) is 17.8 Å². The number of nitrogens with zero attached hydrogens (tertiary/aromatic N) is 2. The van der Waals surface area contributed by atoms with Crippen LogP contribution >= 0.6 is 11.8 Å². The number of benzene rings is 1. The maximum atomic E-state index is 12.1. The quantitative estimate of drug-likeness (QED) is 0.769. The van der Waals surface area contributed by atoms with E-state index in [9.17, 15) is 9.59 Å². The summed E-state index contributed by atoms with van der Waals surface area (Å²) < 4.78 is 2.15. The second kappa shape index (κ2) is 6.01. The number of aromatic nitrogens is 3. The summed E-state index contributed by atoms with van der Waals surface area (Å²) in [5, 5.41) is 3.77. The molecule has 7 heteroatoms. The number of H-pyrrole nitrogens is 1. The van der Waals surface area contributed by atoms with E-state index in [4.69, 9.17) is 0 Å². The minimum Gasteiger partial charge on any atom is -0.328 e. The summed E-state index contributed by atoms with van der Waals surface area (Å²) in [5.41, 5.74) is 2.23. The third kappa shape index (κ3) is 2.74. The van der Waals surface area contributed by atoms with Gasteiger partial charge in [-0.3, -0.25) is 9.59 Å². The molecule has 0 bridgehead atoms. The molecule has 4 rings (SSSR count). The van der Waals surface area contributed by atoms with Crippen LogP contribution in [-0.2, 0) is 6.54 Å². The maximum Gasteiger partial charge on any atom is 0.261 e. The minimum absolute atomic E-state index is 0.0872. The fraction of sp³-hybridized carbons (Fsp3) is 0.118. The Balaban J connectivity index is 1.52. The van der Waals surface area contributed by atoms with Crippen LogP contribution in [0.2, 0.25) is 0 Å². The number of aryl methyl sites for hydroxylation is 1. The number of hydrogen-bond acceptors (Lipinski definition) is 4. The number of imidazole rings is 1. The summed E-state index contributed by atoms with van der Waals surface area (Å²) in [6.45, 7) is 0.993. The fourth-order valence-electron chi connectivity index (χ4n) is 2.57. The molecule has 24 heavy (non-hydrogen) atoms. The summed E-state index contributed by atoms with van der Waals surface area (Å²) in [4.78, 5) is 30.9. The SMILES string of the molecule is O=C(Nc1ccc(-c2cn3c(n2)SCC3)cc1)c1ccc[nH]c1=O. The second-order valence-electron chi connectivity index (χ2n) is 5.39. The van der Waals surface area contributed by atoms with E-state index in [1.807, 2.05) is 30.5 Å². The molecule has 1 aliphatic heterocycles. The normalized spacial score (nSPS) is 12.8. The Morgan fingerprint density at radius 3 is 2.83 bits per heavy atom. The van der Waals surface area contributed by atoms with Crippen LogP contribution in [0.5, 0.6) is 0 Å². The minimum atomic E-state index is -0.429. The second-order valence-corrected chi connectivity index (χ2v) is 6.46. The first-order chi connectivity index (χ1) is 11.7. The van der Waals surface area contributed by atoms with Crippen molar-refractivity contribution in [1.82, 2.24) is 14.5 Å². The van der Waals surface area contributed by atoms with Crippen molar-refractivity contribution < 1.29 is 4.79 Å². The third-order valence-corrected chi connectivity index (χ3v) is 4.78. The average Bonchev–Trinajstić information content (AvgIpc) is 3.17. The molecule has 0 spiro atoms. The van der Waals surface area contributed by atoms with Crippen LogP contribution in [0.4, 0.5) is 5.69 Å². The number of carbonyl (C=O) groups is 1. The lowest BCUT2D eigenvalue weighted by Gasteiger charge is -2.05. The molecule has 0 radical (unpaired) electrons. The third-order valence-electron chi connectivity index (χ3n) is 3.80. The standard InChI is InChI=1S/C17H14N4O2S/c22-15-13(2-1-7-18-15)16(23)19-12-5-3-11(4-6-12)14-10-21-8-9-24-17(21)20-14/h1-7,10H,8-9H2,(H,18,22)(H,19,23). The highest BCUT2D eigenvalue weighted by molar-refractivity contribution is 7.99. The van der Waals surface area contributed by atoms with Gasteiger partial charge in [-0.25, -0.2) is 4.98 Å². The number of aromatic amines is 1. The van der Waals surface area contributed by atoms with Gasteiger partial charge in [0.05, 0.1) is 5.69 Å². The van der Waals surface area contributed by atoms with Gasteiger partial charge in [-0.05, 0) is 24.3 Å². The van der Waals surface area contributed by atoms with Gasteiger partial charge in [0, 0.05) is 35.9 Å². The Morgan fingerprint density at radius 1 is 1.25 bits per heavy atom. The molecule has 0 atom stereocenters. The monoisotopic (exact) mass is 338 g/mol. The van der Waals surface area contributed by atoms with E-state index >= 15 is 0 Å². The molecule has 120 valence electrons. The molecular formula is C17H14N4O2S. The molecule has 0 unspecified atom stereocenters. The van der Waals surface area contributed by atoms with Crippen molar-refractivity contribution in [2.24, 2.45) is 0 Å². The van der Waals surface area contributed by atoms with Crippen molar-refractivity contribution in [2.45, 2.75) is 11.7 Å². The Bertz CT molecular complexity index is 938. The van der Waals surface area contributed by atoms with Crippen molar-refractivity contribution in [3.8, 4) is 11.3 Å². The number of carbonyl (C=O) groups excluding carboxylic acids is 1. The molecule has 0 saturated heterocycles. The van der Waals surface area contributed by atoms with Gasteiger partial charge in [0.2, 0.25) is 0 Å². The lowest BCUT2D eigenvalue weighted by molar-refractivity contribution is 0.102. The maximum absolute atomic E-state index is 12.1. The van der Waals surface area contributed by atoms with Crippen LogP contribution in [0.25, 0.3) is 11.3 Å². The first-order valence-electron chi connectivity index (χ1n) is 7.50. The smallest absolute Gasteiger partial charge is 0.261 e. The highest BCUT2D eigenvalue weighted by Crippen LogP contribution is 2.29. The number of pyridine rings is 1. The van der Waals surface area contributed by atoms with Gasteiger partial charge in [0.25, 0.3) is 11.5 Å². The zero-order valence-electron chi connectivity index (χ0n) is 12.7. The van der Waals surface area contributed by atoms with Gasteiger partial charge < -0.3 is 14.9 Å². The highest BCUT2D eigenvalue weighted by Gasteiger charge is 2.15. The number of fused-ring (bicyclic) bond motifs is 1. The van der Waals surface area contributed by atoms with Crippen molar-refractivity contribution in [2.75, 3.05) is 11.1 Å². The predicted octanol–water partition coefficient (Wildman–Crippen LogP) is 2.60. The molecule has 2 aromatic heterocycles. The number of rotatable bonds is 3. The first kappa shape index (κ1) is 14.8. The van der Waals surface area contributed by atoms with E-state index in [0.29, 0.717) is 5.69 Å². The average molecular weight is 338 g/mol. The Morgan fingerprint density at radius 2 is 2.08 bits per heavy atom. The number of amides is 1. The Hall–Kier alpha value is -2.80. The summed E-state index contributed by atoms with van der Waals surface area (Å²) in [7, 11) is 0. The van der Waals surface area contributed by atoms with Crippen LogP contribution < -0.4 is 10.9 Å². The van der Waals surface area contributed by atoms with E-state index in [0.717, 1.165) is 28.7 Å². The fourth-order valence-corrected chi connectivity index (χ4v) is 3.52. The van der Waals surface area contributed by atoms with Gasteiger partial charge in [-0.15, -0.1) is 0 Å². The summed E-state index contributed by atoms with van der Waals surface area (Å²) in [6.07, 6.45) is 3.54. The van der Waals surface area contributed by atoms with Crippen LogP contribution in [0.3, 0.4) is 0 Å². The number of thioether (sulfide) groups is 1. The zero-order chi connectivity index (χ0) is 16.5. The van der Waals surface area contributed by atoms with E-state index < -0.39 is 11.5 Å². The summed E-state index contributed by atoms with van der Waals surface area (Å²) in [6, 6.07) is 10.5. The zero-order valence-corrected chi connectivity index (χ0v) is 13.5. The summed E-state index contributed by atoms with van der Waals surface area (Å²) >= 11 is 1.76.